The minimum Gasteiger partial charge on any atom is -0.491 e. The Morgan fingerprint density at radius 2 is 1.93 bits per heavy atom. The fourth-order valence-corrected chi connectivity index (χ4v) is 3.53. The van der Waals surface area contributed by atoms with E-state index in [1.807, 2.05) is 48.9 Å². The van der Waals surface area contributed by atoms with Gasteiger partial charge in [-0.15, -0.1) is 10.2 Å². The van der Waals surface area contributed by atoms with Gasteiger partial charge >= 0.3 is 0 Å². The number of rotatable bonds is 5. The normalized spacial score (nSPS) is 14.6. The molecule has 1 aromatic carbocycles. The van der Waals surface area contributed by atoms with Crippen LogP contribution in [0.2, 0.25) is 0 Å². The SMILES string of the molecule is CC(C)Oc1ccc2[nH]nc(-c3ccnc(N4CC(n5cnnc5)C4)c3)c2c1. The van der Waals surface area contributed by atoms with Gasteiger partial charge in [0.1, 0.15) is 29.9 Å². The highest BCUT2D eigenvalue weighted by molar-refractivity contribution is 5.94. The molecule has 0 spiro atoms. The number of aromatic nitrogens is 6. The van der Waals surface area contributed by atoms with E-state index in [9.17, 15) is 0 Å². The average molecular weight is 375 g/mol. The number of benzene rings is 1. The third-order valence-corrected chi connectivity index (χ3v) is 4.97. The van der Waals surface area contributed by atoms with Crippen LogP contribution in [0.1, 0.15) is 19.9 Å². The van der Waals surface area contributed by atoms with E-state index in [4.69, 9.17) is 4.74 Å². The first-order valence-electron chi connectivity index (χ1n) is 9.37. The van der Waals surface area contributed by atoms with Crippen LogP contribution in [0, 0.1) is 0 Å². The maximum Gasteiger partial charge on any atom is 0.129 e. The van der Waals surface area contributed by atoms with Crippen LogP contribution in [0.25, 0.3) is 22.2 Å². The molecule has 142 valence electrons. The summed E-state index contributed by atoms with van der Waals surface area (Å²) in [5.74, 6) is 1.80. The van der Waals surface area contributed by atoms with Crippen molar-refractivity contribution in [3.8, 4) is 17.0 Å². The van der Waals surface area contributed by atoms with Gasteiger partial charge in [0.05, 0.1) is 17.7 Å². The summed E-state index contributed by atoms with van der Waals surface area (Å²) in [5.41, 5.74) is 2.93. The highest BCUT2D eigenvalue weighted by Gasteiger charge is 2.29. The molecule has 0 unspecified atom stereocenters. The fraction of sp³-hybridized carbons (Fsp3) is 0.300. The lowest BCUT2D eigenvalue weighted by molar-refractivity contribution is 0.243. The molecule has 0 aliphatic carbocycles. The lowest BCUT2D eigenvalue weighted by Crippen LogP contribution is -2.47. The molecule has 3 aromatic heterocycles. The molecule has 1 aliphatic rings. The van der Waals surface area contributed by atoms with E-state index in [1.54, 1.807) is 12.7 Å². The predicted molar refractivity (Wildman–Crippen MR) is 106 cm³/mol. The number of fused-ring (bicyclic) bond motifs is 1. The standard InChI is InChI=1S/C20H21N7O/c1-13(2)28-16-3-4-18-17(8-16)20(25-24-18)14-5-6-21-19(7-14)26-9-15(10-26)27-11-22-23-12-27/h3-8,11-13,15H,9-10H2,1-2H3,(H,24,25). The second kappa shape index (κ2) is 6.63. The van der Waals surface area contributed by atoms with Crippen molar-refractivity contribution in [1.82, 2.24) is 29.9 Å². The summed E-state index contributed by atoms with van der Waals surface area (Å²) in [6, 6.07) is 10.5. The summed E-state index contributed by atoms with van der Waals surface area (Å²) in [5, 5.41) is 16.5. The molecule has 4 heterocycles. The summed E-state index contributed by atoms with van der Waals surface area (Å²) < 4.78 is 7.88. The van der Waals surface area contributed by atoms with E-state index < -0.39 is 0 Å². The Bertz CT molecular complexity index is 1100. The average Bonchev–Trinajstić information content (AvgIpc) is 3.30. The van der Waals surface area contributed by atoms with Crippen molar-refractivity contribution in [1.29, 1.82) is 0 Å². The Hall–Kier alpha value is -3.42. The first-order valence-corrected chi connectivity index (χ1v) is 9.37. The van der Waals surface area contributed by atoms with Gasteiger partial charge in [-0.25, -0.2) is 4.98 Å². The number of anilines is 1. The fourth-order valence-electron chi connectivity index (χ4n) is 3.53. The number of aromatic amines is 1. The number of hydrogen-bond acceptors (Lipinski definition) is 6. The molecule has 1 N–H and O–H groups in total. The van der Waals surface area contributed by atoms with Crippen LogP contribution in [-0.4, -0.2) is 49.1 Å². The van der Waals surface area contributed by atoms with Crippen molar-refractivity contribution >= 4 is 16.7 Å². The zero-order valence-corrected chi connectivity index (χ0v) is 15.8. The number of pyridine rings is 1. The van der Waals surface area contributed by atoms with E-state index in [1.165, 1.54) is 0 Å². The minimum atomic E-state index is 0.130. The Morgan fingerprint density at radius 1 is 1.11 bits per heavy atom. The predicted octanol–water partition coefficient (Wildman–Crippen LogP) is 3.06. The lowest BCUT2D eigenvalue weighted by atomic mass is 10.1. The monoisotopic (exact) mass is 375 g/mol. The van der Waals surface area contributed by atoms with E-state index >= 15 is 0 Å². The molecule has 1 aliphatic heterocycles. The van der Waals surface area contributed by atoms with Gasteiger partial charge in [-0.3, -0.25) is 5.10 Å². The van der Waals surface area contributed by atoms with Gasteiger partial charge in [0.2, 0.25) is 0 Å². The number of H-pyrrole nitrogens is 1. The van der Waals surface area contributed by atoms with Crippen molar-refractivity contribution < 1.29 is 4.74 Å². The smallest absolute Gasteiger partial charge is 0.129 e. The molecule has 28 heavy (non-hydrogen) atoms. The minimum absolute atomic E-state index is 0.130. The molecule has 0 bridgehead atoms. The number of ether oxygens (including phenoxy) is 1. The zero-order chi connectivity index (χ0) is 19.1. The quantitative estimate of drug-likeness (QED) is 0.577. The third-order valence-electron chi connectivity index (χ3n) is 4.97. The summed E-state index contributed by atoms with van der Waals surface area (Å²) in [7, 11) is 0. The molecule has 0 atom stereocenters. The van der Waals surface area contributed by atoms with Crippen LogP contribution in [-0.2, 0) is 0 Å². The van der Waals surface area contributed by atoms with Gasteiger partial charge in [0.25, 0.3) is 0 Å². The third kappa shape index (κ3) is 2.96. The maximum atomic E-state index is 5.84. The van der Waals surface area contributed by atoms with Gasteiger partial charge in [0.15, 0.2) is 0 Å². The van der Waals surface area contributed by atoms with Crippen molar-refractivity contribution in [2.75, 3.05) is 18.0 Å². The van der Waals surface area contributed by atoms with E-state index in [0.717, 1.165) is 46.8 Å². The highest BCUT2D eigenvalue weighted by Crippen LogP contribution is 2.32. The summed E-state index contributed by atoms with van der Waals surface area (Å²) in [6.45, 7) is 5.83. The first kappa shape index (κ1) is 16.7. The second-order valence-corrected chi connectivity index (χ2v) is 7.32. The molecule has 8 heteroatoms. The molecule has 0 saturated carbocycles. The Kier molecular flexibility index (Phi) is 3.96. The largest absolute Gasteiger partial charge is 0.491 e. The van der Waals surface area contributed by atoms with E-state index in [-0.39, 0.29) is 6.10 Å². The van der Waals surface area contributed by atoms with E-state index in [0.29, 0.717) is 6.04 Å². The molecule has 8 nitrogen and oxygen atoms in total. The molecular formula is C20H21N7O. The van der Waals surface area contributed by atoms with Gasteiger partial charge < -0.3 is 14.2 Å². The molecule has 1 saturated heterocycles. The lowest BCUT2D eigenvalue weighted by Gasteiger charge is -2.40. The molecule has 1 fully saturated rings. The Morgan fingerprint density at radius 3 is 2.71 bits per heavy atom. The van der Waals surface area contributed by atoms with Gasteiger partial charge in [-0.2, -0.15) is 5.10 Å². The molecule has 4 aromatic rings. The molecule has 0 amide bonds. The van der Waals surface area contributed by atoms with Crippen LogP contribution < -0.4 is 9.64 Å². The second-order valence-electron chi connectivity index (χ2n) is 7.32. The summed E-state index contributed by atoms with van der Waals surface area (Å²) in [4.78, 5) is 6.79. The number of nitrogens with zero attached hydrogens (tertiary/aromatic N) is 6. The molecule has 0 radical (unpaired) electrons. The van der Waals surface area contributed by atoms with E-state index in [2.05, 4.69) is 36.3 Å². The van der Waals surface area contributed by atoms with Crippen LogP contribution >= 0.6 is 0 Å². The van der Waals surface area contributed by atoms with Crippen molar-refractivity contribution in [3.05, 3.63) is 49.2 Å². The van der Waals surface area contributed by atoms with Gasteiger partial charge in [0, 0.05) is 30.2 Å². The summed E-state index contributed by atoms with van der Waals surface area (Å²) >= 11 is 0. The Balaban J connectivity index is 1.42. The van der Waals surface area contributed by atoms with Crippen molar-refractivity contribution in [3.63, 3.8) is 0 Å². The maximum absolute atomic E-state index is 5.84. The summed E-state index contributed by atoms with van der Waals surface area (Å²) in [6.07, 6.45) is 5.49. The van der Waals surface area contributed by atoms with Gasteiger partial charge in [-0.05, 0) is 44.2 Å². The van der Waals surface area contributed by atoms with Crippen molar-refractivity contribution in [2.24, 2.45) is 0 Å². The van der Waals surface area contributed by atoms with Crippen LogP contribution in [0.4, 0.5) is 5.82 Å². The highest BCUT2D eigenvalue weighted by atomic mass is 16.5. The van der Waals surface area contributed by atoms with Crippen LogP contribution in [0.15, 0.2) is 49.2 Å². The van der Waals surface area contributed by atoms with Crippen LogP contribution in [0.3, 0.4) is 0 Å². The van der Waals surface area contributed by atoms with Gasteiger partial charge in [-0.1, -0.05) is 0 Å². The topological polar surface area (TPSA) is 84.8 Å². The zero-order valence-electron chi connectivity index (χ0n) is 15.8. The molecule has 5 rings (SSSR count). The molecular weight excluding hydrogens is 354 g/mol. The number of hydrogen-bond donors (Lipinski definition) is 1. The van der Waals surface area contributed by atoms with Crippen molar-refractivity contribution in [2.45, 2.75) is 26.0 Å². The van der Waals surface area contributed by atoms with Crippen LogP contribution in [0.5, 0.6) is 5.75 Å². The first-order chi connectivity index (χ1) is 13.7. The Labute approximate surface area is 162 Å². The number of nitrogens with one attached hydrogen (secondary N) is 1.